The van der Waals surface area contributed by atoms with E-state index in [1.165, 1.54) is 39.2 Å². The maximum atomic E-state index is 13.2. The number of hydrogen-bond acceptors (Lipinski definition) is 3. The molecule has 2 aliphatic rings. The predicted octanol–water partition coefficient (Wildman–Crippen LogP) is 6.24. The summed E-state index contributed by atoms with van der Waals surface area (Å²) in [5.74, 6) is -0.472. The van der Waals surface area contributed by atoms with E-state index >= 15 is 0 Å². The van der Waals surface area contributed by atoms with Crippen LogP contribution < -0.4 is 0 Å². The van der Waals surface area contributed by atoms with Crippen LogP contribution in [-0.4, -0.2) is 37.0 Å². The highest BCUT2D eigenvalue weighted by molar-refractivity contribution is 6.40. The second-order valence-electron chi connectivity index (χ2n) is 8.42. The summed E-state index contributed by atoms with van der Waals surface area (Å²) in [6.45, 7) is 1.57. The van der Waals surface area contributed by atoms with E-state index < -0.39 is 0 Å². The minimum Gasteiger partial charge on any atom is -0.465 e. The van der Waals surface area contributed by atoms with E-state index in [1.807, 2.05) is 17.0 Å². The first-order valence-electron chi connectivity index (χ1n) is 10.4. The van der Waals surface area contributed by atoms with Crippen LogP contribution in [0.15, 0.2) is 36.4 Å². The molecule has 0 N–H and O–H groups in total. The van der Waals surface area contributed by atoms with Crippen molar-refractivity contribution in [3.8, 4) is 11.1 Å². The number of likely N-dealkylation sites (tertiary alicyclic amines) is 1. The highest BCUT2D eigenvalue weighted by atomic mass is 35.5. The van der Waals surface area contributed by atoms with E-state index in [0.717, 1.165) is 30.6 Å². The Morgan fingerprint density at radius 1 is 0.933 bits per heavy atom. The molecule has 0 radical (unpaired) electrons. The van der Waals surface area contributed by atoms with E-state index in [4.69, 9.17) is 27.9 Å². The van der Waals surface area contributed by atoms with Crippen molar-refractivity contribution in [1.82, 2.24) is 4.90 Å². The number of methoxy groups -OCH3 is 1. The smallest absolute Gasteiger partial charge is 0.337 e. The number of benzene rings is 2. The SMILES string of the molecule is COC(=O)c1ccc(-c2cc(Cl)c(C(=O)N3CCC4(CCCCC4)C3)c(Cl)c2)cc1. The van der Waals surface area contributed by atoms with Crippen LogP contribution in [0.4, 0.5) is 0 Å². The van der Waals surface area contributed by atoms with Gasteiger partial charge in [0.25, 0.3) is 5.91 Å². The molecule has 2 aromatic carbocycles. The van der Waals surface area contributed by atoms with Crippen molar-refractivity contribution in [3.63, 3.8) is 0 Å². The summed E-state index contributed by atoms with van der Waals surface area (Å²) in [4.78, 5) is 26.8. The van der Waals surface area contributed by atoms with E-state index in [1.54, 1.807) is 24.3 Å². The quantitative estimate of drug-likeness (QED) is 0.524. The summed E-state index contributed by atoms with van der Waals surface area (Å²) in [5.41, 5.74) is 2.78. The standard InChI is InChI=1S/C24H25Cl2NO3/c1-30-23(29)17-7-5-16(6-8-17)18-13-19(25)21(20(26)14-18)22(28)27-12-11-24(15-27)9-3-2-4-10-24/h5-8,13-14H,2-4,9-12,15H2,1H3. The molecule has 158 valence electrons. The van der Waals surface area contributed by atoms with Gasteiger partial charge in [-0.2, -0.15) is 0 Å². The number of carbonyl (C=O) groups is 2. The maximum Gasteiger partial charge on any atom is 0.337 e. The number of amides is 1. The molecule has 6 heteroatoms. The van der Waals surface area contributed by atoms with Crippen LogP contribution in [0, 0.1) is 5.41 Å². The zero-order valence-electron chi connectivity index (χ0n) is 17.0. The van der Waals surface area contributed by atoms with Crippen LogP contribution in [0.25, 0.3) is 11.1 Å². The fraction of sp³-hybridized carbons (Fsp3) is 0.417. The Morgan fingerprint density at radius 2 is 1.57 bits per heavy atom. The van der Waals surface area contributed by atoms with Crippen LogP contribution in [0.5, 0.6) is 0 Å². The van der Waals surface area contributed by atoms with Gasteiger partial charge in [0.1, 0.15) is 0 Å². The van der Waals surface area contributed by atoms with Gasteiger partial charge in [0.2, 0.25) is 0 Å². The van der Waals surface area contributed by atoms with Crippen molar-refractivity contribution in [2.45, 2.75) is 38.5 Å². The van der Waals surface area contributed by atoms with Crippen molar-refractivity contribution in [3.05, 3.63) is 57.6 Å². The Bertz CT molecular complexity index is 942. The first-order valence-corrected chi connectivity index (χ1v) is 11.2. The Kier molecular flexibility index (Phi) is 6.08. The van der Waals surface area contributed by atoms with Gasteiger partial charge in [0.05, 0.1) is 28.3 Å². The molecule has 2 fully saturated rings. The Labute approximate surface area is 187 Å². The van der Waals surface area contributed by atoms with Gasteiger partial charge in [0.15, 0.2) is 0 Å². The van der Waals surface area contributed by atoms with Gasteiger partial charge >= 0.3 is 5.97 Å². The lowest BCUT2D eigenvalue weighted by Gasteiger charge is -2.33. The topological polar surface area (TPSA) is 46.6 Å². The fourth-order valence-electron chi connectivity index (χ4n) is 4.84. The predicted molar refractivity (Wildman–Crippen MR) is 119 cm³/mol. The van der Waals surface area contributed by atoms with Gasteiger partial charge in [-0.3, -0.25) is 4.79 Å². The number of rotatable bonds is 3. The van der Waals surface area contributed by atoms with Crippen molar-refractivity contribution in [1.29, 1.82) is 0 Å². The molecule has 1 heterocycles. The fourth-order valence-corrected chi connectivity index (χ4v) is 5.49. The summed E-state index contributed by atoms with van der Waals surface area (Å²) in [6.07, 6.45) is 7.30. The maximum absolute atomic E-state index is 13.2. The molecule has 4 nitrogen and oxygen atoms in total. The molecule has 4 rings (SSSR count). The number of esters is 1. The Hall–Kier alpha value is -2.04. The number of ether oxygens (including phenoxy) is 1. The molecule has 0 aromatic heterocycles. The second-order valence-corrected chi connectivity index (χ2v) is 9.24. The number of halogens is 2. The summed E-state index contributed by atoms with van der Waals surface area (Å²) >= 11 is 13.1. The van der Waals surface area contributed by atoms with E-state index in [2.05, 4.69) is 0 Å². The molecule has 1 aliphatic heterocycles. The Balaban J connectivity index is 1.56. The van der Waals surface area contributed by atoms with Gasteiger partial charge in [-0.15, -0.1) is 0 Å². The van der Waals surface area contributed by atoms with Crippen molar-refractivity contribution < 1.29 is 14.3 Å². The van der Waals surface area contributed by atoms with Crippen LogP contribution in [0.1, 0.15) is 59.2 Å². The highest BCUT2D eigenvalue weighted by Crippen LogP contribution is 2.44. The molecule has 0 atom stereocenters. The zero-order valence-corrected chi connectivity index (χ0v) is 18.6. The summed E-state index contributed by atoms with van der Waals surface area (Å²) in [6, 6.07) is 10.5. The molecule has 1 saturated carbocycles. The van der Waals surface area contributed by atoms with Gasteiger partial charge in [0, 0.05) is 13.1 Å². The van der Waals surface area contributed by atoms with Gasteiger partial charge < -0.3 is 9.64 Å². The van der Waals surface area contributed by atoms with Crippen LogP contribution in [-0.2, 0) is 4.74 Å². The number of carbonyl (C=O) groups excluding carboxylic acids is 2. The molecule has 2 aromatic rings. The lowest BCUT2D eigenvalue weighted by molar-refractivity contribution is 0.0600. The normalized spacial score (nSPS) is 17.9. The van der Waals surface area contributed by atoms with Crippen LogP contribution in [0.2, 0.25) is 10.0 Å². The summed E-state index contributed by atoms with van der Waals surface area (Å²) in [5, 5.41) is 0.702. The average molecular weight is 446 g/mol. The van der Waals surface area contributed by atoms with Crippen molar-refractivity contribution in [2.24, 2.45) is 5.41 Å². The van der Waals surface area contributed by atoms with Gasteiger partial charge in [-0.1, -0.05) is 54.6 Å². The third-order valence-corrected chi connectivity index (χ3v) is 7.13. The molecule has 1 saturated heterocycles. The first-order chi connectivity index (χ1) is 14.4. The minimum absolute atomic E-state index is 0.0833. The summed E-state index contributed by atoms with van der Waals surface area (Å²) < 4.78 is 4.73. The second kappa shape index (κ2) is 8.60. The molecular formula is C24H25Cl2NO3. The molecule has 1 aliphatic carbocycles. The lowest BCUT2D eigenvalue weighted by atomic mass is 9.73. The van der Waals surface area contributed by atoms with Crippen LogP contribution >= 0.6 is 23.2 Å². The summed E-state index contributed by atoms with van der Waals surface area (Å²) in [7, 11) is 1.35. The van der Waals surface area contributed by atoms with Crippen molar-refractivity contribution in [2.75, 3.05) is 20.2 Å². The van der Waals surface area contributed by atoms with E-state index in [-0.39, 0.29) is 17.3 Å². The molecule has 30 heavy (non-hydrogen) atoms. The molecule has 0 unspecified atom stereocenters. The first kappa shape index (κ1) is 21.2. The Morgan fingerprint density at radius 3 is 2.17 bits per heavy atom. The monoisotopic (exact) mass is 445 g/mol. The molecule has 1 spiro atoms. The third kappa shape index (κ3) is 4.08. The average Bonchev–Trinajstić information content (AvgIpc) is 3.16. The number of hydrogen-bond donors (Lipinski definition) is 0. The van der Waals surface area contributed by atoms with E-state index in [9.17, 15) is 9.59 Å². The lowest BCUT2D eigenvalue weighted by Crippen LogP contribution is -2.33. The zero-order chi connectivity index (χ0) is 21.3. The molecule has 0 bridgehead atoms. The van der Waals surface area contributed by atoms with Gasteiger partial charge in [-0.05, 0) is 60.1 Å². The van der Waals surface area contributed by atoms with Crippen molar-refractivity contribution >= 4 is 35.1 Å². The number of nitrogens with zero attached hydrogens (tertiary/aromatic N) is 1. The molecular weight excluding hydrogens is 421 g/mol. The van der Waals surface area contributed by atoms with Crippen LogP contribution in [0.3, 0.4) is 0 Å². The van der Waals surface area contributed by atoms with E-state index in [0.29, 0.717) is 21.2 Å². The molecule has 1 amide bonds. The largest absolute Gasteiger partial charge is 0.465 e. The third-order valence-electron chi connectivity index (χ3n) is 6.54. The van der Waals surface area contributed by atoms with Gasteiger partial charge in [-0.25, -0.2) is 4.79 Å². The highest BCUT2D eigenvalue weighted by Gasteiger charge is 2.41. The minimum atomic E-state index is -0.389.